The van der Waals surface area contributed by atoms with E-state index in [2.05, 4.69) is 0 Å². The van der Waals surface area contributed by atoms with Gasteiger partial charge < -0.3 is 10.8 Å². The molecule has 6 heteroatoms. The average molecular weight is 257 g/mol. The number of hydrogen-bond acceptors (Lipinski definition) is 3. The summed E-state index contributed by atoms with van der Waals surface area (Å²) in [5.74, 6) is -0.735. The van der Waals surface area contributed by atoms with E-state index in [1.54, 1.807) is 17.4 Å². The molecular weight excluding hydrogens is 244 g/mol. The van der Waals surface area contributed by atoms with Crippen LogP contribution in [0.1, 0.15) is 21.5 Å². The number of nitrogens with one attached hydrogen (secondary N) is 1. The molecular formula is C11H13ClN2O3. The van der Waals surface area contributed by atoms with Crippen molar-refractivity contribution in [2.45, 2.75) is 13.3 Å². The van der Waals surface area contributed by atoms with Gasteiger partial charge in [-0.15, -0.1) is 0 Å². The Kier molecular flexibility index (Phi) is 4.48. The second kappa shape index (κ2) is 5.65. The van der Waals surface area contributed by atoms with Crippen molar-refractivity contribution in [3.63, 3.8) is 0 Å². The third kappa shape index (κ3) is 3.44. The molecule has 0 spiro atoms. The van der Waals surface area contributed by atoms with Gasteiger partial charge in [0.25, 0.3) is 5.91 Å². The largest absolute Gasteiger partial charge is 0.465 e. The fraction of sp³-hybridized carbons (Fsp3) is 0.273. The number of rotatable bonds is 3. The van der Waals surface area contributed by atoms with Crippen molar-refractivity contribution < 1.29 is 14.7 Å². The Labute approximate surface area is 104 Å². The van der Waals surface area contributed by atoms with Gasteiger partial charge in [0.15, 0.2) is 0 Å². The maximum Gasteiger partial charge on any atom is 0.411 e. The number of halogens is 1. The molecule has 0 saturated heterocycles. The van der Waals surface area contributed by atoms with E-state index >= 15 is 0 Å². The van der Waals surface area contributed by atoms with Crippen LogP contribution in [0.5, 0.6) is 0 Å². The van der Waals surface area contributed by atoms with Crippen LogP contribution in [0, 0.1) is 6.92 Å². The van der Waals surface area contributed by atoms with Gasteiger partial charge in [0, 0.05) is 0 Å². The maximum absolute atomic E-state index is 11.5. The molecule has 1 aromatic carbocycles. The van der Waals surface area contributed by atoms with Crippen LogP contribution in [0.25, 0.3) is 0 Å². The smallest absolute Gasteiger partial charge is 0.411 e. The van der Waals surface area contributed by atoms with Crippen LogP contribution in [0.4, 0.5) is 4.79 Å². The van der Waals surface area contributed by atoms with Crippen molar-refractivity contribution in [3.05, 3.63) is 33.8 Å². The Morgan fingerprint density at radius 1 is 1.47 bits per heavy atom. The van der Waals surface area contributed by atoms with Gasteiger partial charge in [-0.05, 0) is 43.1 Å². The van der Waals surface area contributed by atoms with Crippen LogP contribution in [0.3, 0.4) is 0 Å². The molecule has 0 atom stereocenters. The molecule has 1 rings (SSSR count). The molecule has 0 saturated carbocycles. The molecule has 0 aliphatic rings. The topological polar surface area (TPSA) is 92.4 Å². The maximum atomic E-state index is 11.5. The number of carboxylic acid groups (broad SMARTS) is 1. The number of amides is 2. The fourth-order valence-electron chi connectivity index (χ4n) is 1.48. The minimum atomic E-state index is -1.41. The summed E-state index contributed by atoms with van der Waals surface area (Å²) in [5, 5.41) is 10.4. The first-order valence-electron chi connectivity index (χ1n) is 4.99. The van der Waals surface area contributed by atoms with E-state index in [1.165, 1.54) is 0 Å². The fourth-order valence-corrected chi connectivity index (χ4v) is 1.78. The third-order valence-corrected chi connectivity index (χ3v) is 2.62. The SMILES string of the molecule is Cc1cc(Cl)c(C(=O)NC(=O)O)cc1CCN. The Morgan fingerprint density at radius 2 is 2.12 bits per heavy atom. The first-order chi connectivity index (χ1) is 7.95. The van der Waals surface area contributed by atoms with Gasteiger partial charge in [-0.25, -0.2) is 4.79 Å². The molecule has 0 unspecified atom stereocenters. The normalized spacial score (nSPS) is 10.1. The third-order valence-electron chi connectivity index (χ3n) is 2.30. The van der Waals surface area contributed by atoms with Gasteiger partial charge >= 0.3 is 6.09 Å². The van der Waals surface area contributed by atoms with Gasteiger partial charge in [-0.2, -0.15) is 0 Å². The van der Waals surface area contributed by atoms with Crippen molar-refractivity contribution in [1.82, 2.24) is 5.32 Å². The summed E-state index contributed by atoms with van der Waals surface area (Å²) < 4.78 is 0. The molecule has 0 heterocycles. The van der Waals surface area contributed by atoms with Crippen LogP contribution in [-0.2, 0) is 6.42 Å². The molecule has 0 aliphatic heterocycles. The first-order valence-corrected chi connectivity index (χ1v) is 5.37. The van der Waals surface area contributed by atoms with E-state index in [-0.39, 0.29) is 10.6 Å². The molecule has 0 aliphatic carbocycles. The number of benzene rings is 1. The quantitative estimate of drug-likeness (QED) is 0.765. The zero-order valence-electron chi connectivity index (χ0n) is 9.29. The lowest BCUT2D eigenvalue weighted by Crippen LogP contribution is -2.29. The molecule has 92 valence electrons. The van der Waals surface area contributed by atoms with Gasteiger partial charge in [-0.1, -0.05) is 11.6 Å². The van der Waals surface area contributed by atoms with Gasteiger partial charge in [0.1, 0.15) is 0 Å². The van der Waals surface area contributed by atoms with E-state index < -0.39 is 12.0 Å². The highest BCUT2D eigenvalue weighted by Crippen LogP contribution is 2.21. The molecule has 2 amide bonds. The highest BCUT2D eigenvalue weighted by atomic mass is 35.5. The lowest BCUT2D eigenvalue weighted by Gasteiger charge is -2.09. The second-order valence-corrected chi connectivity index (χ2v) is 3.96. The summed E-state index contributed by atoms with van der Waals surface area (Å²) in [6, 6.07) is 3.20. The minimum Gasteiger partial charge on any atom is -0.465 e. The lowest BCUT2D eigenvalue weighted by atomic mass is 10.0. The minimum absolute atomic E-state index is 0.142. The summed E-state index contributed by atoms with van der Waals surface area (Å²) in [6.07, 6.45) is -0.803. The van der Waals surface area contributed by atoms with E-state index in [9.17, 15) is 9.59 Å². The summed E-state index contributed by atoms with van der Waals surface area (Å²) in [6.45, 7) is 2.30. The van der Waals surface area contributed by atoms with Crippen molar-refractivity contribution in [2.75, 3.05) is 6.54 Å². The predicted molar refractivity (Wildman–Crippen MR) is 64.4 cm³/mol. The average Bonchev–Trinajstić information content (AvgIpc) is 2.21. The number of imide groups is 1. The number of hydrogen-bond donors (Lipinski definition) is 3. The summed E-state index contributed by atoms with van der Waals surface area (Å²) in [7, 11) is 0. The van der Waals surface area contributed by atoms with Crippen LogP contribution in [0.2, 0.25) is 5.02 Å². The Bertz CT molecular complexity index is 460. The molecule has 0 fully saturated rings. The van der Waals surface area contributed by atoms with Crippen LogP contribution in [-0.4, -0.2) is 23.7 Å². The summed E-state index contributed by atoms with van der Waals surface area (Å²) >= 11 is 5.89. The van der Waals surface area contributed by atoms with Gasteiger partial charge in [0.2, 0.25) is 0 Å². The monoisotopic (exact) mass is 256 g/mol. The number of aryl methyl sites for hydroxylation is 1. The van der Waals surface area contributed by atoms with Crippen LogP contribution in [0.15, 0.2) is 12.1 Å². The number of carbonyl (C=O) groups excluding carboxylic acids is 1. The zero-order chi connectivity index (χ0) is 13.0. The zero-order valence-corrected chi connectivity index (χ0v) is 10.0. The van der Waals surface area contributed by atoms with Crippen molar-refractivity contribution in [2.24, 2.45) is 5.73 Å². The Hall–Kier alpha value is -1.59. The van der Waals surface area contributed by atoms with E-state index in [0.29, 0.717) is 13.0 Å². The Balaban J connectivity index is 3.10. The summed E-state index contributed by atoms with van der Waals surface area (Å²) in [5.41, 5.74) is 7.39. The summed E-state index contributed by atoms with van der Waals surface area (Å²) in [4.78, 5) is 21.9. The molecule has 1 aromatic rings. The molecule has 5 nitrogen and oxygen atoms in total. The van der Waals surface area contributed by atoms with Crippen molar-refractivity contribution >= 4 is 23.6 Å². The standard InChI is InChI=1S/C11H13ClN2O3/c1-6-4-9(12)8(5-7(6)2-3-13)10(15)14-11(16)17/h4-5H,2-3,13H2,1H3,(H,14,15)(H,16,17). The molecule has 4 N–H and O–H groups in total. The highest BCUT2D eigenvalue weighted by Gasteiger charge is 2.14. The van der Waals surface area contributed by atoms with E-state index in [4.69, 9.17) is 22.4 Å². The molecule has 0 aromatic heterocycles. The van der Waals surface area contributed by atoms with Crippen LogP contribution >= 0.6 is 11.6 Å². The number of carbonyl (C=O) groups is 2. The highest BCUT2D eigenvalue weighted by molar-refractivity contribution is 6.34. The van der Waals surface area contributed by atoms with Crippen molar-refractivity contribution in [1.29, 1.82) is 0 Å². The van der Waals surface area contributed by atoms with E-state index in [1.807, 2.05) is 6.92 Å². The van der Waals surface area contributed by atoms with E-state index in [0.717, 1.165) is 11.1 Å². The molecule has 17 heavy (non-hydrogen) atoms. The second-order valence-electron chi connectivity index (χ2n) is 3.56. The number of nitrogens with two attached hydrogens (primary N) is 1. The lowest BCUT2D eigenvalue weighted by molar-refractivity contribution is 0.0948. The van der Waals surface area contributed by atoms with Crippen molar-refractivity contribution in [3.8, 4) is 0 Å². The first kappa shape index (κ1) is 13.5. The van der Waals surface area contributed by atoms with Crippen LogP contribution < -0.4 is 11.1 Å². The molecule has 0 radical (unpaired) electrons. The van der Waals surface area contributed by atoms with Gasteiger partial charge in [-0.3, -0.25) is 10.1 Å². The predicted octanol–water partition coefficient (Wildman–Crippen LogP) is 1.56. The molecule has 0 bridgehead atoms. The Morgan fingerprint density at radius 3 is 2.65 bits per heavy atom. The van der Waals surface area contributed by atoms with Gasteiger partial charge in [0.05, 0.1) is 10.6 Å².